The van der Waals surface area contributed by atoms with E-state index in [2.05, 4.69) is 34.8 Å². The van der Waals surface area contributed by atoms with Gasteiger partial charge in [0.05, 0.1) is 11.2 Å². The maximum absolute atomic E-state index is 4.20. The van der Waals surface area contributed by atoms with Crippen molar-refractivity contribution >= 4 is 11.3 Å². The van der Waals surface area contributed by atoms with Crippen molar-refractivity contribution < 1.29 is 0 Å². The predicted octanol–water partition coefficient (Wildman–Crippen LogP) is 1.62. The first kappa shape index (κ1) is 11.6. The molecule has 0 spiro atoms. The Kier molecular flexibility index (Phi) is 5.75. The fourth-order valence-electron chi connectivity index (χ4n) is 1.15. The molecular formula is C10H19N3S. The molecule has 0 radical (unpaired) electrons. The highest BCUT2D eigenvalue weighted by Crippen LogP contribution is 1.99. The lowest BCUT2D eigenvalue weighted by Gasteiger charge is -2.07. The Balaban J connectivity index is 1.90. The maximum atomic E-state index is 4.20. The minimum Gasteiger partial charge on any atom is -0.314 e. The van der Waals surface area contributed by atoms with Crippen LogP contribution in [0.25, 0.3) is 0 Å². The zero-order valence-electron chi connectivity index (χ0n) is 8.92. The molecule has 0 saturated carbocycles. The van der Waals surface area contributed by atoms with E-state index in [4.69, 9.17) is 0 Å². The smallest absolute Gasteiger partial charge is 0.0795 e. The first-order chi connectivity index (χ1) is 6.79. The van der Waals surface area contributed by atoms with Gasteiger partial charge in [-0.15, -0.1) is 11.3 Å². The van der Waals surface area contributed by atoms with Crippen LogP contribution in [0.2, 0.25) is 0 Å². The summed E-state index contributed by atoms with van der Waals surface area (Å²) >= 11 is 1.65. The van der Waals surface area contributed by atoms with Crippen molar-refractivity contribution in [3.63, 3.8) is 0 Å². The monoisotopic (exact) mass is 213 g/mol. The lowest BCUT2D eigenvalue weighted by molar-refractivity contribution is 0.546. The van der Waals surface area contributed by atoms with E-state index < -0.39 is 0 Å². The molecule has 0 bridgehead atoms. The van der Waals surface area contributed by atoms with Gasteiger partial charge in [-0.1, -0.05) is 13.8 Å². The van der Waals surface area contributed by atoms with Gasteiger partial charge in [-0.25, -0.2) is 4.98 Å². The Labute approximate surface area is 89.9 Å². The third-order valence-electron chi connectivity index (χ3n) is 1.87. The first-order valence-corrected chi connectivity index (χ1v) is 6.04. The zero-order valence-corrected chi connectivity index (χ0v) is 9.73. The highest BCUT2D eigenvalue weighted by atomic mass is 32.1. The minimum atomic E-state index is 0.591. The van der Waals surface area contributed by atoms with Crippen molar-refractivity contribution in [1.29, 1.82) is 0 Å². The van der Waals surface area contributed by atoms with Gasteiger partial charge >= 0.3 is 0 Å². The van der Waals surface area contributed by atoms with Crippen LogP contribution in [0.4, 0.5) is 0 Å². The van der Waals surface area contributed by atoms with Crippen LogP contribution in [-0.2, 0) is 6.54 Å². The van der Waals surface area contributed by atoms with E-state index in [0.717, 1.165) is 25.3 Å². The highest BCUT2D eigenvalue weighted by Gasteiger charge is 1.94. The van der Waals surface area contributed by atoms with Gasteiger partial charge in [0.2, 0.25) is 0 Å². The van der Waals surface area contributed by atoms with Crippen molar-refractivity contribution in [1.82, 2.24) is 15.6 Å². The fourth-order valence-corrected chi connectivity index (χ4v) is 1.70. The summed E-state index contributed by atoms with van der Waals surface area (Å²) in [5.41, 5.74) is 3.02. The largest absolute Gasteiger partial charge is 0.314 e. The van der Waals surface area contributed by atoms with Crippen molar-refractivity contribution in [2.24, 2.45) is 0 Å². The van der Waals surface area contributed by atoms with E-state index in [1.165, 1.54) is 6.42 Å². The second kappa shape index (κ2) is 6.92. The fraction of sp³-hybridized carbons (Fsp3) is 0.700. The Morgan fingerprint density at radius 2 is 2.29 bits per heavy atom. The average Bonchev–Trinajstić information content (AvgIpc) is 2.63. The van der Waals surface area contributed by atoms with E-state index in [-0.39, 0.29) is 0 Å². The van der Waals surface area contributed by atoms with Crippen molar-refractivity contribution in [3.05, 3.63) is 16.6 Å². The molecule has 0 aromatic carbocycles. The quantitative estimate of drug-likeness (QED) is 0.676. The number of thiazole rings is 1. The van der Waals surface area contributed by atoms with Crippen molar-refractivity contribution in [2.45, 2.75) is 32.9 Å². The molecule has 14 heavy (non-hydrogen) atoms. The molecular weight excluding hydrogens is 194 g/mol. The SMILES string of the molecule is CC(C)NCCCNCc1cscn1. The number of rotatable bonds is 7. The molecule has 0 fully saturated rings. The Bertz CT molecular complexity index is 221. The summed E-state index contributed by atoms with van der Waals surface area (Å²) in [5.74, 6) is 0. The number of hydrogen-bond donors (Lipinski definition) is 2. The molecule has 0 amide bonds. The average molecular weight is 213 g/mol. The summed E-state index contributed by atoms with van der Waals surface area (Å²) in [4.78, 5) is 4.20. The molecule has 1 heterocycles. The van der Waals surface area contributed by atoms with Crippen LogP contribution >= 0.6 is 11.3 Å². The van der Waals surface area contributed by atoms with Crippen LogP contribution in [0.3, 0.4) is 0 Å². The number of hydrogen-bond acceptors (Lipinski definition) is 4. The third-order valence-corrected chi connectivity index (χ3v) is 2.51. The topological polar surface area (TPSA) is 37.0 Å². The minimum absolute atomic E-state index is 0.591. The van der Waals surface area contributed by atoms with Crippen LogP contribution in [0, 0.1) is 0 Å². The number of nitrogens with zero attached hydrogens (tertiary/aromatic N) is 1. The Hall–Kier alpha value is -0.450. The molecule has 0 unspecified atom stereocenters. The van der Waals surface area contributed by atoms with E-state index in [0.29, 0.717) is 6.04 Å². The molecule has 1 aromatic heterocycles. The molecule has 0 aliphatic rings. The van der Waals surface area contributed by atoms with E-state index >= 15 is 0 Å². The third kappa shape index (κ3) is 5.32. The molecule has 0 aliphatic heterocycles. The number of aromatic nitrogens is 1. The molecule has 1 rings (SSSR count). The molecule has 0 aliphatic carbocycles. The summed E-state index contributed by atoms with van der Waals surface area (Å²) in [7, 11) is 0. The highest BCUT2D eigenvalue weighted by molar-refractivity contribution is 7.07. The van der Waals surface area contributed by atoms with Gasteiger partial charge in [-0.2, -0.15) is 0 Å². The second-order valence-electron chi connectivity index (χ2n) is 3.62. The molecule has 4 heteroatoms. The standard InChI is InChI=1S/C10H19N3S/c1-9(2)12-5-3-4-11-6-10-7-14-8-13-10/h7-9,11-12H,3-6H2,1-2H3. The van der Waals surface area contributed by atoms with Gasteiger partial charge in [0.15, 0.2) is 0 Å². The zero-order chi connectivity index (χ0) is 10.2. The lowest BCUT2D eigenvalue weighted by Crippen LogP contribution is -2.26. The molecule has 80 valence electrons. The van der Waals surface area contributed by atoms with E-state index in [9.17, 15) is 0 Å². The van der Waals surface area contributed by atoms with Gasteiger partial charge in [0.1, 0.15) is 0 Å². The maximum Gasteiger partial charge on any atom is 0.0795 e. The van der Waals surface area contributed by atoms with Gasteiger partial charge < -0.3 is 10.6 Å². The summed E-state index contributed by atoms with van der Waals surface area (Å²) in [5, 5.41) is 8.83. The summed E-state index contributed by atoms with van der Waals surface area (Å²) in [6, 6.07) is 0.591. The second-order valence-corrected chi connectivity index (χ2v) is 4.34. The van der Waals surface area contributed by atoms with Crippen LogP contribution in [0.5, 0.6) is 0 Å². The summed E-state index contributed by atoms with van der Waals surface area (Å²) in [6.45, 7) is 7.37. The van der Waals surface area contributed by atoms with E-state index in [1.54, 1.807) is 11.3 Å². The number of nitrogens with one attached hydrogen (secondary N) is 2. The van der Waals surface area contributed by atoms with Gasteiger partial charge in [0, 0.05) is 18.0 Å². The van der Waals surface area contributed by atoms with Crippen molar-refractivity contribution in [2.75, 3.05) is 13.1 Å². The Morgan fingerprint density at radius 3 is 2.93 bits per heavy atom. The normalized spacial score (nSPS) is 11.1. The van der Waals surface area contributed by atoms with E-state index in [1.807, 2.05) is 5.51 Å². The van der Waals surface area contributed by atoms with Crippen LogP contribution in [-0.4, -0.2) is 24.1 Å². The molecule has 2 N–H and O–H groups in total. The summed E-state index contributed by atoms with van der Waals surface area (Å²) < 4.78 is 0. The predicted molar refractivity (Wildman–Crippen MR) is 61.6 cm³/mol. The van der Waals surface area contributed by atoms with Crippen LogP contribution in [0.1, 0.15) is 26.0 Å². The lowest BCUT2D eigenvalue weighted by atomic mass is 10.3. The van der Waals surface area contributed by atoms with Crippen LogP contribution < -0.4 is 10.6 Å². The molecule has 0 saturated heterocycles. The van der Waals surface area contributed by atoms with Gasteiger partial charge in [-0.05, 0) is 19.5 Å². The molecule has 0 atom stereocenters. The van der Waals surface area contributed by atoms with Gasteiger partial charge in [-0.3, -0.25) is 0 Å². The van der Waals surface area contributed by atoms with Crippen molar-refractivity contribution in [3.8, 4) is 0 Å². The molecule has 3 nitrogen and oxygen atoms in total. The molecule has 1 aromatic rings. The van der Waals surface area contributed by atoms with Gasteiger partial charge in [0.25, 0.3) is 0 Å². The Morgan fingerprint density at radius 1 is 1.43 bits per heavy atom. The summed E-state index contributed by atoms with van der Waals surface area (Å²) in [6.07, 6.45) is 1.17. The van der Waals surface area contributed by atoms with Crippen LogP contribution in [0.15, 0.2) is 10.9 Å². The first-order valence-electron chi connectivity index (χ1n) is 5.10.